The van der Waals surface area contributed by atoms with Gasteiger partial charge in [-0.1, -0.05) is 41.9 Å². The van der Waals surface area contributed by atoms with Crippen molar-refractivity contribution in [2.45, 2.75) is 20.4 Å². The lowest BCUT2D eigenvalue weighted by Crippen LogP contribution is -2.46. The Kier molecular flexibility index (Phi) is 5.19. The smallest absolute Gasteiger partial charge is 0.0834 e. The first kappa shape index (κ1) is 18.1. The second-order valence-corrected chi connectivity index (χ2v) is 7.60. The van der Waals surface area contributed by atoms with Crippen molar-refractivity contribution in [3.63, 3.8) is 0 Å². The minimum absolute atomic E-state index is 0.811. The molecule has 3 aromatic rings. The van der Waals surface area contributed by atoms with Crippen LogP contribution in [0.3, 0.4) is 0 Å². The van der Waals surface area contributed by atoms with E-state index in [1.54, 1.807) is 0 Å². The van der Waals surface area contributed by atoms with Crippen LogP contribution in [0.1, 0.15) is 17.0 Å². The van der Waals surface area contributed by atoms with Crippen molar-refractivity contribution < 1.29 is 0 Å². The third kappa shape index (κ3) is 3.87. The molecule has 140 valence electrons. The van der Waals surface area contributed by atoms with Crippen LogP contribution < -0.4 is 4.90 Å². The van der Waals surface area contributed by atoms with Crippen LogP contribution in [0.15, 0.2) is 54.6 Å². The number of benzene rings is 2. The maximum absolute atomic E-state index is 6.12. The summed E-state index contributed by atoms with van der Waals surface area (Å²) in [6.07, 6.45) is 0. The van der Waals surface area contributed by atoms with Crippen LogP contribution in [0, 0.1) is 13.8 Å². The summed E-state index contributed by atoms with van der Waals surface area (Å²) in [6.45, 7) is 9.35. The quantitative estimate of drug-likeness (QED) is 0.667. The van der Waals surface area contributed by atoms with E-state index in [0.29, 0.717) is 0 Å². The number of aromatic nitrogens is 2. The van der Waals surface area contributed by atoms with E-state index in [9.17, 15) is 0 Å². The number of piperazine rings is 1. The molecular formula is C22H25ClN4. The van der Waals surface area contributed by atoms with Crippen LogP contribution >= 0.6 is 11.6 Å². The summed E-state index contributed by atoms with van der Waals surface area (Å²) in [5.41, 5.74) is 5.98. The van der Waals surface area contributed by atoms with E-state index in [-0.39, 0.29) is 0 Å². The molecule has 1 aromatic heterocycles. The predicted molar refractivity (Wildman–Crippen MR) is 112 cm³/mol. The number of para-hydroxylation sites is 1. The van der Waals surface area contributed by atoms with Gasteiger partial charge >= 0.3 is 0 Å². The standard InChI is InChI=1S/C22H25ClN4/c1-17-22(18(2)27(24-17)21-9-4-3-5-10-21)26-13-11-25(12-14-26)16-19-7-6-8-20(23)15-19/h3-10,15H,11-14,16H2,1-2H3. The molecule has 4 rings (SSSR count). The van der Waals surface area contributed by atoms with E-state index in [4.69, 9.17) is 16.7 Å². The normalized spacial score (nSPS) is 15.3. The summed E-state index contributed by atoms with van der Waals surface area (Å²) in [6, 6.07) is 18.5. The van der Waals surface area contributed by atoms with Gasteiger partial charge in [0.05, 0.1) is 22.8 Å². The molecule has 1 saturated heterocycles. The molecule has 1 aliphatic rings. The molecule has 1 aliphatic heterocycles. The minimum atomic E-state index is 0.811. The Morgan fingerprint density at radius 2 is 1.67 bits per heavy atom. The molecule has 0 atom stereocenters. The molecule has 0 unspecified atom stereocenters. The molecule has 0 radical (unpaired) electrons. The first-order valence-corrected chi connectivity index (χ1v) is 9.83. The van der Waals surface area contributed by atoms with Gasteiger partial charge in [-0.25, -0.2) is 4.68 Å². The Labute approximate surface area is 166 Å². The topological polar surface area (TPSA) is 24.3 Å². The van der Waals surface area contributed by atoms with Crippen molar-refractivity contribution in [2.75, 3.05) is 31.1 Å². The zero-order valence-electron chi connectivity index (χ0n) is 15.9. The number of nitrogens with zero attached hydrogens (tertiary/aromatic N) is 4. The van der Waals surface area contributed by atoms with Gasteiger partial charge in [0.25, 0.3) is 0 Å². The van der Waals surface area contributed by atoms with Crippen LogP contribution in [0.25, 0.3) is 5.69 Å². The molecule has 0 spiro atoms. The van der Waals surface area contributed by atoms with Gasteiger partial charge < -0.3 is 4.90 Å². The number of halogens is 1. The van der Waals surface area contributed by atoms with E-state index < -0.39 is 0 Å². The fraction of sp³-hybridized carbons (Fsp3) is 0.318. The third-order valence-electron chi connectivity index (χ3n) is 5.24. The second-order valence-electron chi connectivity index (χ2n) is 7.16. The lowest BCUT2D eigenvalue weighted by atomic mass is 10.2. The molecule has 0 bridgehead atoms. The number of aryl methyl sites for hydroxylation is 1. The Bertz CT molecular complexity index is 911. The van der Waals surface area contributed by atoms with Crippen LogP contribution in [0.2, 0.25) is 5.02 Å². The largest absolute Gasteiger partial charge is 0.366 e. The molecule has 2 aromatic carbocycles. The zero-order chi connectivity index (χ0) is 18.8. The van der Waals surface area contributed by atoms with E-state index >= 15 is 0 Å². The van der Waals surface area contributed by atoms with Gasteiger partial charge in [-0.2, -0.15) is 5.10 Å². The molecule has 5 heteroatoms. The van der Waals surface area contributed by atoms with E-state index in [2.05, 4.69) is 64.7 Å². The summed E-state index contributed by atoms with van der Waals surface area (Å²) in [4.78, 5) is 4.97. The maximum atomic E-state index is 6.12. The zero-order valence-corrected chi connectivity index (χ0v) is 16.7. The van der Waals surface area contributed by atoms with E-state index in [1.165, 1.54) is 16.9 Å². The van der Waals surface area contributed by atoms with Gasteiger partial charge in [0.1, 0.15) is 0 Å². The van der Waals surface area contributed by atoms with Gasteiger partial charge in [0.15, 0.2) is 0 Å². The molecule has 27 heavy (non-hydrogen) atoms. The molecular weight excluding hydrogens is 356 g/mol. The van der Waals surface area contributed by atoms with Crippen molar-refractivity contribution in [1.82, 2.24) is 14.7 Å². The fourth-order valence-electron chi connectivity index (χ4n) is 3.94. The Morgan fingerprint density at radius 1 is 0.926 bits per heavy atom. The van der Waals surface area contributed by atoms with Crippen LogP contribution in [0.4, 0.5) is 5.69 Å². The third-order valence-corrected chi connectivity index (χ3v) is 5.47. The fourth-order valence-corrected chi connectivity index (χ4v) is 4.15. The highest BCUT2D eigenvalue weighted by atomic mass is 35.5. The van der Waals surface area contributed by atoms with Gasteiger partial charge in [-0.15, -0.1) is 0 Å². The Balaban J connectivity index is 1.46. The Hall–Kier alpha value is -2.30. The molecule has 1 fully saturated rings. The molecule has 4 nitrogen and oxygen atoms in total. The number of rotatable bonds is 4. The monoisotopic (exact) mass is 380 g/mol. The molecule has 0 N–H and O–H groups in total. The molecule has 0 amide bonds. The summed E-state index contributed by atoms with van der Waals surface area (Å²) in [5, 5.41) is 5.61. The molecule has 2 heterocycles. The van der Waals surface area contributed by atoms with Gasteiger partial charge in [-0.05, 0) is 43.7 Å². The maximum Gasteiger partial charge on any atom is 0.0834 e. The van der Waals surface area contributed by atoms with Crippen molar-refractivity contribution in [3.8, 4) is 5.69 Å². The predicted octanol–water partition coefficient (Wildman–Crippen LogP) is 4.46. The number of hydrogen-bond donors (Lipinski definition) is 0. The number of hydrogen-bond acceptors (Lipinski definition) is 3. The first-order chi connectivity index (χ1) is 13.1. The lowest BCUT2D eigenvalue weighted by Gasteiger charge is -2.36. The van der Waals surface area contributed by atoms with Crippen LogP contribution in [-0.4, -0.2) is 40.9 Å². The summed E-state index contributed by atoms with van der Waals surface area (Å²) >= 11 is 6.12. The highest BCUT2D eigenvalue weighted by Gasteiger charge is 2.23. The summed E-state index contributed by atoms with van der Waals surface area (Å²) in [7, 11) is 0. The summed E-state index contributed by atoms with van der Waals surface area (Å²) in [5.74, 6) is 0. The van der Waals surface area contributed by atoms with E-state index in [1.807, 2.05) is 18.2 Å². The van der Waals surface area contributed by atoms with Gasteiger partial charge in [-0.3, -0.25) is 4.90 Å². The first-order valence-electron chi connectivity index (χ1n) is 9.45. The lowest BCUT2D eigenvalue weighted by molar-refractivity contribution is 0.249. The van der Waals surface area contributed by atoms with Crippen LogP contribution in [0.5, 0.6) is 0 Å². The Morgan fingerprint density at radius 3 is 2.37 bits per heavy atom. The van der Waals surface area contributed by atoms with Gasteiger partial charge in [0.2, 0.25) is 0 Å². The number of anilines is 1. The van der Waals surface area contributed by atoms with Crippen molar-refractivity contribution in [2.24, 2.45) is 0 Å². The average Bonchev–Trinajstić information content (AvgIpc) is 2.98. The minimum Gasteiger partial charge on any atom is -0.366 e. The van der Waals surface area contributed by atoms with Crippen LogP contribution in [-0.2, 0) is 6.54 Å². The SMILES string of the molecule is Cc1nn(-c2ccccc2)c(C)c1N1CCN(Cc2cccc(Cl)c2)CC1. The van der Waals surface area contributed by atoms with Crippen molar-refractivity contribution in [1.29, 1.82) is 0 Å². The average molecular weight is 381 g/mol. The highest BCUT2D eigenvalue weighted by molar-refractivity contribution is 6.30. The summed E-state index contributed by atoms with van der Waals surface area (Å²) < 4.78 is 2.06. The highest BCUT2D eigenvalue weighted by Crippen LogP contribution is 2.28. The molecule has 0 saturated carbocycles. The molecule has 0 aliphatic carbocycles. The van der Waals surface area contributed by atoms with E-state index in [0.717, 1.165) is 49.1 Å². The van der Waals surface area contributed by atoms with Gasteiger partial charge in [0, 0.05) is 37.7 Å². The van der Waals surface area contributed by atoms with Crippen molar-refractivity contribution in [3.05, 3.63) is 76.6 Å². The van der Waals surface area contributed by atoms with Crippen molar-refractivity contribution >= 4 is 17.3 Å². The second kappa shape index (κ2) is 7.75.